The third-order valence-electron chi connectivity index (χ3n) is 4.96. The number of benzene rings is 1. The Morgan fingerprint density at radius 1 is 1.25 bits per heavy atom. The quantitative estimate of drug-likeness (QED) is 0.850. The summed E-state index contributed by atoms with van der Waals surface area (Å²) >= 11 is 0. The van der Waals surface area contributed by atoms with E-state index in [4.69, 9.17) is 4.74 Å². The summed E-state index contributed by atoms with van der Waals surface area (Å²) in [6.45, 7) is 2.35. The van der Waals surface area contributed by atoms with E-state index in [1.807, 2.05) is 47.2 Å². The van der Waals surface area contributed by atoms with Crippen LogP contribution in [0.5, 0.6) is 0 Å². The summed E-state index contributed by atoms with van der Waals surface area (Å²) in [5, 5.41) is 0. The van der Waals surface area contributed by atoms with Crippen LogP contribution in [0.15, 0.2) is 30.3 Å². The molecule has 0 aromatic heterocycles. The summed E-state index contributed by atoms with van der Waals surface area (Å²) in [6, 6.07) is 9.90. The lowest BCUT2D eigenvalue weighted by Gasteiger charge is -2.27. The topological polar surface area (TPSA) is 53.1 Å². The van der Waals surface area contributed by atoms with Gasteiger partial charge >= 0.3 is 6.09 Å². The second kappa shape index (κ2) is 6.71. The maximum Gasteiger partial charge on any atom is 0.410 e. The zero-order valence-electron chi connectivity index (χ0n) is 14.4. The third kappa shape index (κ3) is 3.47. The molecular formula is C18H25N3O3. The predicted molar refractivity (Wildman–Crippen MR) is 92.0 cm³/mol. The van der Waals surface area contributed by atoms with Crippen LogP contribution in [0.1, 0.15) is 19.3 Å². The van der Waals surface area contributed by atoms with Gasteiger partial charge in [-0.1, -0.05) is 18.2 Å². The van der Waals surface area contributed by atoms with E-state index < -0.39 is 5.60 Å². The number of carbonyl (C=O) groups is 2. The van der Waals surface area contributed by atoms with Crippen LogP contribution in [-0.4, -0.2) is 67.7 Å². The highest BCUT2D eigenvalue weighted by Gasteiger charge is 2.44. The molecule has 6 heteroatoms. The van der Waals surface area contributed by atoms with E-state index in [1.165, 1.54) is 0 Å². The van der Waals surface area contributed by atoms with Gasteiger partial charge in [0.1, 0.15) is 5.60 Å². The second-order valence-electron chi connectivity index (χ2n) is 6.83. The Morgan fingerprint density at radius 2 is 2.00 bits per heavy atom. The van der Waals surface area contributed by atoms with Crippen LogP contribution in [-0.2, 0) is 9.53 Å². The lowest BCUT2D eigenvalue weighted by molar-refractivity contribution is -0.129. The number of hydrogen-bond donors (Lipinski definition) is 0. The minimum Gasteiger partial charge on any atom is -0.441 e. The first kappa shape index (κ1) is 16.6. The molecule has 2 heterocycles. The van der Waals surface area contributed by atoms with Gasteiger partial charge in [0, 0.05) is 39.3 Å². The predicted octanol–water partition coefficient (Wildman–Crippen LogP) is 1.96. The molecule has 130 valence electrons. The van der Waals surface area contributed by atoms with Crippen LogP contribution >= 0.6 is 0 Å². The fourth-order valence-electron chi connectivity index (χ4n) is 3.55. The largest absolute Gasteiger partial charge is 0.441 e. The van der Waals surface area contributed by atoms with Crippen molar-refractivity contribution in [3.63, 3.8) is 0 Å². The number of ether oxygens (including phenoxy) is 1. The monoisotopic (exact) mass is 331 g/mol. The molecule has 6 nitrogen and oxygen atoms in total. The Balaban J connectivity index is 1.58. The van der Waals surface area contributed by atoms with Crippen LogP contribution in [0.2, 0.25) is 0 Å². The highest BCUT2D eigenvalue weighted by atomic mass is 16.6. The highest BCUT2D eigenvalue weighted by Crippen LogP contribution is 2.32. The average Bonchev–Trinajstić information content (AvgIpc) is 2.73. The average molecular weight is 331 g/mol. The Labute approximate surface area is 143 Å². The summed E-state index contributed by atoms with van der Waals surface area (Å²) in [6.07, 6.45) is 2.14. The maximum absolute atomic E-state index is 12.6. The van der Waals surface area contributed by atoms with Crippen molar-refractivity contribution < 1.29 is 14.3 Å². The molecule has 0 unspecified atom stereocenters. The molecule has 2 amide bonds. The van der Waals surface area contributed by atoms with E-state index in [0.717, 1.165) is 25.1 Å². The number of hydrogen-bond acceptors (Lipinski definition) is 4. The van der Waals surface area contributed by atoms with Gasteiger partial charge < -0.3 is 19.4 Å². The Bertz CT molecular complexity index is 607. The number of rotatable bonds is 3. The summed E-state index contributed by atoms with van der Waals surface area (Å²) < 4.78 is 5.60. The van der Waals surface area contributed by atoms with E-state index in [1.54, 1.807) is 11.9 Å². The van der Waals surface area contributed by atoms with Crippen molar-refractivity contribution in [1.82, 2.24) is 9.80 Å². The van der Waals surface area contributed by atoms with Crippen LogP contribution in [0.25, 0.3) is 0 Å². The molecule has 2 saturated heterocycles. The molecule has 1 atom stereocenters. The number of anilines is 1. The molecule has 3 rings (SSSR count). The number of carbonyl (C=O) groups excluding carboxylic acids is 2. The van der Waals surface area contributed by atoms with E-state index in [9.17, 15) is 9.59 Å². The Kier molecular flexibility index (Phi) is 4.64. The van der Waals surface area contributed by atoms with Gasteiger partial charge in [0.15, 0.2) is 0 Å². The van der Waals surface area contributed by atoms with Crippen molar-refractivity contribution in [2.75, 3.05) is 45.2 Å². The molecule has 2 aliphatic heterocycles. The van der Waals surface area contributed by atoms with E-state index in [-0.39, 0.29) is 12.0 Å². The SMILES string of the molecule is CN1C[C@]2(CCCN(C(=O)CN(C)c3ccccc3)CC2)OC1=O. The molecule has 0 saturated carbocycles. The Morgan fingerprint density at radius 3 is 2.67 bits per heavy atom. The molecule has 2 fully saturated rings. The summed E-state index contributed by atoms with van der Waals surface area (Å²) in [4.78, 5) is 29.8. The maximum atomic E-state index is 12.6. The molecule has 0 bridgehead atoms. The molecule has 0 aliphatic carbocycles. The number of amides is 2. The molecule has 1 aromatic rings. The van der Waals surface area contributed by atoms with Gasteiger partial charge in [0.2, 0.25) is 5.91 Å². The van der Waals surface area contributed by atoms with Gasteiger partial charge in [-0.3, -0.25) is 4.79 Å². The molecule has 24 heavy (non-hydrogen) atoms. The first-order valence-electron chi connectivity index (χ1n) is 8.47. The fourth-order valence-corrected chi connectivity index (χ4v) is 3.55. The smallest absolute Gasteiger partial charge is 0.410 e. The van der Waals surface area contributed by atoms with Crippen molar-refractivity contribution in [2.24, 2.45) is 0 Å². The molecular weight excluding hydrogens is 306 g/mol. The molecule has 1 aromatic carbocycles. The van der Waals surface area contributed by atoms with Gasteiger partial charge in [-0.25, -0.2) is 4.79 Å². The lowest BCUT2D eigenvalue weighted by Crippen LogP contribution is -2.41. The summed E-state index contributed by atoms with van der Waals surface area (Å²) in [7, 11) is 3.69. The van der Waals surface area contributed by atoms with E-state index in [2.05, 4.69) is 0 Å². The summed E-state index contributed by atoms with van der Waals surface area (Å²) in [5.74, 6) is 0.121. The van der Waals surface area contributed by atoms with Crippen LogP contribution < -0.4 is 4.90 Å². The van der Waals surface area contributed by atoms with Crippen molar-refractivity contribution in [1.29, 1.82) is 0 Å². The minimum atomic E-state index is -0.411. The Hall–Kier alpha value is -2.24. The number of likely N-dealkylation sites (N-methyl/N-ethyl adjacent to an activating group) is 2. The zero-order valence-corrected chi connectivity index (χ0v) is 14.4. The standard InChI is InChI=1S/C18H25N3O3/c1-19(15-7-4-3-5-8-15)13-16(22)21-11-6-9-18(10-12-21)14-20(2)17(23)24-18/h3-5,7-8H,6,9-14H2,1-2H3/t18-/m1/s1. The zero-order chi connectivity index (χ0) is 17.2. The number of para-hydroxylation sites is 1. The molecule has 0 radical (unpaired) electrons. The molecule has 1 spiro atoms. The van der Waals surface area contributed by atoms with Crippen LogP contribution in [0.4, 0.5) is 10.5 Å². The van der Waals surface area contributed by atoms with Crippen LogP contribution in [0, 0.1) is 0 Å². The first-order chi connectivity index (χ1) is 11.5. The van der Waals surface area contributed by atoms with Crippen molar-refractivity contribution >= 4 is 17.7 Å². The van der Waals surface area contributed by atoms with Gasteiger partial charge in [-0.05, 0) is 25.0 Å². The van der Waals surface area contributed by atoms with Crippen molar-refractivity contribution in [2.45, 2.75) is 24.9 Å². The van der Waals surface area contributed by atoms with E-state index >= 15 is 0 Å². The highest BCUT2D eigenvalue weighted by molar-refractivity contribution is 5.81. The van der Waals surface area contributed by atoms with Crippen molar-refractivity contribution in [3.8, 4) is 0 Å². The normalized spacial score (nSPS) is 24.0. The summed E-state index contributed by atoms with van der Waals surface area (Å²) in [5.41, 5.74) is 0.620. The van der Waals surface area contributed by atoms with Crippen molar-refractivity contribution in [3.05, 3.63) is 30.3 Å². The fraction of sp³-hybridized carbons (Fsp3) is 0.556. The van der Waals surface area contributed by atoms with Gasteiger partial charge in [0.25, 0.3) is 0 Å². The van der Waals surface area contributed by atoms with E-state index in [0.29, 0.717) is 26.1 Å². The molecule has 0 N–H and O–H groups in total. The third-order valence-corrected chi connectivity index (χ3v) is 4.96. The number of nitrogens with zero attached hydrogens (tertiary/aromatic N) is 3. The van der Waals surface area contributed by atoms with Crippen LogP contribution in [0.3, 0.4) is 0 Å². The second-order valence-corrected chi connectivity index (χ2v) is 6.83. The van der Waals surface area contributed by atoms with Gasteiger partial charge in [-0.15, -0.1) is 0 Å². The lowest BCUT2D eigenvalue weighted by atomic mass is 9.95. The van der Waals surface area contributed by atoms with Gasteiger partial charge in [-0.2, -0.15) is 0 Å². The van der Waals surface area contributed by atoms with Gasteiger partial charge in [0.05, 0.1) is 13.1 Å². The first-order valence-corrected chi connectivity index (χ1v) is 8.47. The number of likely N-dealkylation sites (tertiary alicyclic amines) is 1. The molecule has 2 aliphatic rings. The minimum absolute atomic E-state index is 0.121.